The van der Waals surface area contributed by atoms with Gasteiger partial charge in [0.15, 0.2) is 0 Å². The average Bonchev–Trinajstić information content (AvgIpc) is 2.85. The minimum absolute atomic E-state index is 0.0218. The first kappa shape index (κ1) is 12.1. The van der Waals surface area contributed by atoms with Crippen LogP contribution in [0.3, 0.4) is 0 Å². The number of rotatable bonds is 4. The van der Waals surface area contributed by atoms with Crippen LogP contribution in [0.2, 0.25) is 0 Å². The van der Waals surface area contributed by atoms with E-state index in [2.05, 4.69) is 9.71 Å². The zero-order valence-corrected chi connectivity index (χ0v) is 10.6. The Balaban J connectivity index is 2.08. The molecule has 0 radical (unpaired) electrons. The van der Waals surface area contributed by atoms with Gasteiger partial charge in [0.25, 0.3) is 10.0 Å². The van der Waals surface area contributed by atoms with Crippen molar-refractivity contribution in [1.29, 1.82) is 0 Å². The fraction of sp³-hybridized carbons (Fsp3) is 0.222. The number of nitrogens with zero attached hydrogens (tertiary/aromatic N) is 1. The van der Waals surface area contributed by atoms with Crippen molar-refractivity contribution in [3.63, 3.8) is 0 Å². The second kappa shape index (κ2) is 4.47. The monoisotopic (exact) mass is 273 g/mol. The van der Waals surface area contributed by atoms with Crippen LogP contribution in [0.4, 0.5) is 5.69 Å². The molecule has 0 amide bonds. The molecule has 6 nitrogen and oxygen atoms in total. The zero-order valence-electron chi connectivity index (χ0n) is 9.00. The van der Waals surface area contributed by atoms with Crippen molar-refractivity contribution in [3.05, 3.63) is 29.3 Å². The van der Waals surface area contributed by atoms with Crippen LogP contribution in [-0.2, 0) is 16.6 Å². The van der Waals surface area contributed by atoms with Crippen LogP contribution in [0.15, 0.2) is 26.3 Å². The van der Waals surface area contributed by atoms with E-state index in [1.54, 1.807) is 12.3 Å². The molecule has 0 saturated heterocycles. The zero-order chi connectivity index (χ0) is 12.5. The molecule has 2 rings (SSSR count). The molecular weight excluding hydrogens is 262 g/mol. The average molecular weight is 273 g/mol. The van der Waals surface area contributed by atoms with Gasteiger partial charge in [0.2, 0.25) is 5.89 Å². The van der Waals surface area contributed by atoms with Gasteiger partial charge in [-0.05, 0) is 13.0 Å². The molecule has 2 aromatic heterocycles. The number of nitrogens with two attached hydrogens (primary N) is 1. The molecule has 17 heavy (non-hydrogen) atoms. The lowest BCUT2D eigenvalue weighted by atomic mass is 10.6. The van der Waals surface area contributed by atoms with Gasteiger partial charge in [-0.25, -0.2) is 18.1 Å². The van der Waals surface area contributed by atoms with Gasteiger partial charge in [0.05, 0.1) is 12.7 Å². The highest BCUT2D eigenvalue weighted by atomic mass is 32.2. The van der Waals surface area contributed by atoms with Gasteiger partial charge in [0, 0.05) is 11.1 Å². The van der Waals surface area contributed by atoms with Crippen molar-refractivity contribution in [2.24, 2.45) is 0 Å². The summed E-state index contributed by atoms with van der Waals surface area (Å²) in [6.45, 7) is 1.76. The Bertz CT molecular complexity index is 615. The summed E-state index contributed by atoms with van der Waals surface area (Å²) in [5.41, 5.74) is 5.91. The highest BCUT2D eigenvalue weighted by Gasteiger charge is 2.16. The fourth-order valence-corrected chi connectivity index (χ4v) is 3.28. The molecule has 0 aliphatic carbocycles. The number of sulfonamides is 1. The Labute approximate surface area is 103 Å². The summed E-state index contributed by atoms with van der Waals surface area (Å²) in [7, 11) is -3.54. The van der Waals surface area contributed by atoms with E-state index in [0.717, 1.165) is 11.3 Å². The molecule has 0 aromatic carbocycles. The summed E-state index contributed by atoms with van der Waals surface area (Å²) in [4.78, 5) is 3.90. The molecular formula is C9H11N3O3S2. The lowest BCUT2D eigenvalue weighted by molar-refractivity contribution is 0.463. The molecule has 0 fully saturated rings. The number of nitrogen functional groups attached to an aromatic ring is 1. The minimum atomic E-state index is -3.54. The van der Waals surface area contributed by atoms with Gasteiger partial charge in [0.1, 0.15) is 9.97 Å². The maximum Gasteiger partial charge on any atom is 0.250 e. The standard InChI is InChI=1S/C9H11N3O3S2/c1-6-3-11-8(15-6)4-12-17(13,14)9-2-7(10)5-16-9/h2-3,5,12H,4,10H2,1H3. The van der Waals surface area contributed by atoms with Gasteiger partial charge in [-0.2, -0.15) is 0 Å². The number of anilines is 1. The van der Waals surface area contributed by atoms with Crippen LogP contribution in [0.25, 0.3) is 0 Å². The lowest BCUT2D eigenvalue weighted by Crippen LogP contribution is -2.22. The second-order valence-corrected chi connectivity index (χ2v) is 6.29. The number of thiophene rings is 1. The summed E-state index contributed by atoms with van der Waals surface area (Å²) < 4.78 is 31.3. The van der Waals surface area contributed by atoms with E-state index >= 15 is 0 Å². The van der Waals surface area contributed by atoms with Gasteiger partial charge in [-0.3, -0.25) is 0 Å². The number of oxazole rings is 1. The molecule has 0 aliphatic heterocycles. The van der Waals surface area contributed by atoms with Crippen LogP contribution < -0.4 is 10.5 Å². The highest BCUT2D eigenvalue weighted by molar-refractivity contribution is 7.91. The van der Waals surface area contributed by atoms with E-state index in [9.17, 15) is 8.42 Å². The van der Waals surface area contributed by atoms with E-state index in [0.29, 0.717) is 17.3 Å². The normalized spacial score (nSPS) is 11.8. The van der Waals surface area contributed by atoms with Crippen LogP contribution >= 0.6 is 11.3 Å². The molecule has 0 bridgehead atoms. The molecule has 0 spiro atoms. The smallest absolute Gasteiger partial charge is 0.250 e. The fourth-order valence-electron chi connectivity index (χ4n) is 1.18. The van der Waals surface area contributed by atoms with E-state index in [1.165, 1.54) is 12.3 Å². The van der Waals surface area contributed by atoms with Crippen LogP contribution in [0, 0.1) is 6.92 Å². The Kier molecular flexibility index (Phi) is 3.18. The van der Waals surface area contributed by atoms with Crippen molar-refractivity contribution < 1.29 is 12.8 Å². The molecule has 0 saturated carbocycles. The van der Waals surface area contributed by atoms with Crippen molar-refractivity contribution in [2.75, 3.05) is 5.73 Å². The Morgan fingerprint density at radius 3 is 2.88 bits per heavy atom. The summed E-state index contributed by atoms with van der Waals surface area (Å²) in [6.07, 6.45) is 1.53. The van der Waals surface area contributed by atoms with Gasteiger partial charge < -0.3 is 10.2 Å². The van der Waals surface area contributed by atoms with Crippen molar-refractivity contribution in [2.45, 2.75) is 17.7 Å². The second-order valence-electron chi connectivity index (χ2n) is 3.39. The highest BCUT2D eigenvalue weighted by Crippen LogP contribution is 2.21. The van der Waals surface area contributed by atoms with E-state index in [4.69, 9.17) is 10.2 Å². The Morgan fingerprint density at radius 2 is 2.35 bits per heavy atom. The van der Waals surface area contributed by atoms with Gasteiger partial charge in [-0.15, -0.1) is 11.3 Å². The van der Waals surface area contributed by atoms with E-state index < -0.39 is 10.0 Å². The van der Waals surface area contributed by atoms with Crippen molar-refractivity contribution in [1.82, 2.24) is 9.71 Å². The number of hydrogen-bond acceptors (Lipinski definition) is 6. The van der Waals surface area contributed by atoms with Crippen LogP contribution in [-0.4, -0.2) is 13.4 Å². The van der Waals surface area contributed by atoms with Crippen LogP contribution in [0.5, 0.6) is 0 Å². The summed E-state index contributed by atoms with van der Waals surface area (Å²) in [5.74, 6) is 0.968. The number of aromatic nitrogens is 1. The third-order valence-corrected chi connectivity index (χ3v) is 4.80. The molecule has 0 unspecified atom stereocenters. The first-order chi connectivity index (χ1) is 7.97. The quantitative estimate of drug-likeness (QED) is 0.869. The molecule has 3 N–H and O–H groups in total. The molecule has 0 atom stereocenters. The summed E-state index contributed by atoms with van der Waals surface area (Å²) in [6, 6.07) is 1.41. The summed E-state index contributed by atoms with van der Waals surface area (Å²) >= 11 is 1.07. The number of aryl methyl sites for hydroxylation is 1. The maximum absolute atomic E-state index is 11.8. The molecule has 2 heterocycles. The Morgan fingerprint density at radius 1 is 1.59 bits per heavy atom. The topological polar surface area (TPSA) is 98.2 Å². The van der Waals surface area contributed by atoms with Crippen molar-refractivity contribution in [3.8, 4) is 0 Å². The largest absolute Gasteiger partial charge is 0.445 e. The van der Waals surface area contributed by atoms with Crippen molar-refractivity contribution >= 4 is 27.0 Å². The van der Waals surface area contributed by atoms with Crippen LogP contribution in [0.1, 0.15) is 11.7 Å². The summed E-state index contributed by atoms with van der Waals surface area (Å²) in [5, 5.41) is 1.57. The molecule has 0 aliphatic rings. The predicted octanol–water partition coefficient (Wildman–Crippen LogP) is 1.11. The predicted molar refractivity (Wildman–Crippen MR) is 64.0 cm³/mol. The number of nitrogens with one attached hydrogen (secondary N) is 1. The van der Waals surface area contributed by atoms with Gasteiger partial charge >= 0.3 is 0 Å². The first-order valence-corrected chi connectivity index (χ1v) is 7.08. The maximum atomic E-state index is 11.8. The first-order valence-electron chi connectivity index (χ1n) is 4.72. The minimum Gasteiger partial charge on any atom is -0.445 e. The van der Waals surface area contributed by atoms with E-state index in [1.807, 2.05) is 0 Å². The molecule has 8 heteroatoms. The third kappa shape index (κ3) is 2.84. The lowest BCUT2D eigenvalue weighted by Gasteiger charge is -2.01. The third-order valence-electron chi connectivity index (χ3n) is 1.94. The number of hydrogen-bond donors (Lipinski definition) is 2. The van der Waals surface area contributed by atoms with Gasteiger partial charge in [-0.1, -0.05) is 0 Å². The van der Waals surface area contributed by atoms with E-state index in [-0.39, 0.29) is 10.8 Å². The SMILES string of the molecule is Cc1cnc(CNS(=O)(=O)c2cc(N)cs2)o1. The molecule has 2 aromatic rings. The molecule has 92 valence electrons. The Hall–Kier alpha value is -1.38.